The molecule has 0 spiro atoms. The van der Waals surface area contributed by atoms with Gasteiger partial charge in [-0.15, -0.1) is 0 Å². The molecule has 1 aromatic rings. The van der Waals surface area contributed by atoms with Crippen LogP contribution in [0, 0.1) is 12.8 Å². The topological polar surface area (TPSA) is 20.2 Å². The van der Waals surface area contributed by atoms with Crippen molar-refractivity contribution in [3.63, 3.8) is 0 Å². The second kappa shape index (κ2) is 3.00. The minimum atomic E-state index is -0.326. The van der Waals surface area contributed by atoms with Gasteiger partial charge in [-0.05, 0) is 42.0 Å². The first-order valence-electron chi connectivity index (χ1n) is 4.56. The molecule has 0 saturated carbocycles. The maximum absolute atomic E-state index is 9.84. The van der Waals surface area contributed by atoms with E-state index < -0.39 is 0 Å². The van der Waals surface area contributed by atoms with Crippen LogP contribution in [0.4, 0.5) is 0 Å². The van der Waals surface area contributed by atoms with Crippen LogP contribution in [0.3, 0.4) is 0 Å². The summed E-state index contributed by atoms with van der Waals surface area (Å²) in [5.41, 5.74) is 3.28. The van der Waals surface area contributed by atoms with Crippen molar-refractivity contribution < 1.29 is 5.11 Å². The lowest BCUT2D eigenvalue weighted by atomic mass is 10.1. The standard InChI is InChI=1S/C11H13ClO/c1-6-3-9-8(10(12)4-6)5-7(2)11(9)13/h3-4,7,11,13H,5H2,1-2H3/t7-,11+/m0/s1. The normalized spacial score (nSPS) is 26.2. The van der Waals surface area contributed by atoms with Crippen LogP contribution in [-0.2, 0) is 6.42 Å². The van der Waals surface area contributed by atoms with Crippen molar-refractivity contribution in [1.29, 1.82) is 0 Å². The van der Waals surface area contributed by atoms with Crippen LogP contribution in [0.25, 0.3) is 0 Å². The smallest absolute Gasteiger partial charge is 0.0822 e. The summed E-state index contributed by atoms with van der Waals surface area (Å²) in [4.78, 5) is 0. The van der Waals surface area contributed by atoms with Crippen molar-refractivity contribution in [2.45, 2.75) is 26.4 Å². The first-order chi connectivity index (χ1) is 6.09. The Balaban J connectivity index is 2.57. The molecule has 0 bridgehead atoms. The first-order valence-corrected chi connectivity index (χ1v) is 4.94. The van der Waals surface area contributed by atoms with Gasteiger partial charge in [0.15, 0.2) is 0 Å². The van der Waals surface area contributed by atoms with E-state index in [2.05, 4.69) is 6.92 Å². The van der Waals surface area contributed by atoms with E-state index in [0.717, 1.165) is 28.1 Å². The first kappa shape index (κ1) is 9.04. The molecule has 0 heterocycles. The molecule has 0 fully saturated rings. The maximum atomic E-state index is 9.84. The van der Waals surface area contributed by atoms with E-state index in [4.69, 9.17) is 11.6 Å². The van der Waals surface area contributed by atoms with Gasteiger partial charge in [0.1, 0.15) is 0 Å². The molecule has 0 amide bonds. The predicted octanol–water partition coefficient (Wildman–Crippen LogP) is 2.87. The van der Waals surface area contributed by atoms with Crippen LogP contribution >= 0.6 is 11.6 Å². The fourth-order valence-electron chi connectivity index (χ4n) is 2.02. The van der Waals surface area contributed by atoms with Gasteiger partial charge < -0.3 is 5.11 Å². The molecule has 1 aliphatic rings. The number of benzene rings is 1. The molecule has 1 aliphatic carbocycles. The van der Waals surface area contributed by atoms with Crippen molar-refractivity contribution in [3.8, 4) is 0 Å². The van der Waals surface area contributed by atoms with Crippen molar-refractivity contribution in [1.82, 2.24) is 0 Å². The number of hydrogen-bond donors (Lipinski definition) is 1. The summed E-state index contributed by atoms with van der Waals surface area (Å²) in [6.07, 6.45) is 0.572. The second-order valence-electron chi connectivity index (χ2n) is 3.94. The van der Waals surface area contributed by atoms with Crippen molar-refractivity contribution in [3.05, 3.63) is 33.8 Å². The third-order valence-electron chi connectivity index (χ3n) is 2.76. The fraction of sp³-hybridized carbons (Fsp3) is 0.455. The van der Waals surface area contributed by atoms with E-state index >= 15 is 0 Å². The lowest BCUT2D eigenvalue weighted by Crippen LogP contribution is -2.01. The van der Waals surface area contributed by atoms with Gasteiger partial charge in [0.25, 0.3) is 0 Å². The summed E-state index contributed by atoms with van der Waals surface area (Å²) in [6.45, 7) is 4.05. The van der Waals surface area contributed by atoms with Crippen LogP contribution in [-0.4, -0.2) is 5.11 Å². The number of aryl methyl sites for hydroxylation is 1. The lowest BCUT2D eigenvalue weighted by molar-refractivity contribution is 0.133. The highest BCUT2D eigenvalue weighted by Crippen LogP contribution is 2.39. The summed E-state index contributed by atoms with van der Waals surface area (Å²) in [5.74, 6) is 0.300. The number of aliphatic hydroxyl groups is 1. The molecule has 2 heteroatoms. The predicted molar refractivity (Wildman–Crippen MR) is 54.0 cm³/mol. The number of aliphatic hydroxyl groups excluding tert-OH is 1. The molecule has 13 heavy (non-hydrogen) atoms. The molecule has 1 aromatic carbocycles. The SMILES string of the molecule is Cc1cc(Cl)c2c(c1)[C@H](O)[C@@H](C)C2. The van der Waals surface area contributed by atoms with E-state index in [1.807, 2.05) is 19.1 Å². The molecule has 0 aromatic heterocycles. The number of fused-ring (bicyclic) bond motifs is 1. The summed E-state index contributed by atoms with van der Waals surface area (Å²) < 4.78 is 0. The molecule has 0 radical (unpaired) electrons. The fourth-order valence-corrected chi connectivity index (χ4v) is 2.38. The van der Waals surface area contributed by atoms with E-state index in [1.54, 1.807) is 0 Å². The van der Waals surface area contributed by atoms with Gasteiger partial charge >= 0.3 is 0 Å². The van der Waals surface area contributed by atoms with Gasteiger partial charge in [0.05, 0.1) is 6.10 Å². The molecule has 70 valence electrons. The highest BCUT2D eigenvalue weighted by atomic mass is 35.5. The quantitative estimate of drug-likeness (QED) is 0.677. The van der Waals surface area contributed by atoms with Crippen LogP contribution in [0.1, 0.15) is 29.7 Å². The van der Waals surface area contributed by atoms with Crippen LogP contribution in [0.15, 0.2) is 12.1 Å². The highest BCUT2D eigenvalue weighted by molar-refractivity contribution is 6.31. The Bertz CT molecular complexity index is 346. The summed E-state index contributed by atoms with van der Waals surface area (Å²) in [7, 11) is 0. The molecule has 1 N–H and O–H groups in total. The van der Waals surface area contributed by atoms with Crippen molar-refractivity contribution in [2.75, 3.05) is 0 Å². The average molecular weight is 197 g/mol. The Morgan fingerprint density at radius 1 is 1.46 bits per heavy atom. The van der Waals surface area contributed by atoms with Crippen molar-refractivity contribution in [2.24, 2.45) is 5.92 Å². The Morgan fingerprint density at radius 3 is 2.85 bits per heavy atom. The number of halogens is 1. The molecular weight excluding hydrogens is 184 g/mol. The summed E-state index contributed by atoms with van der Waals surface area (Å²) in [5, 5.41) is 10.6. The number of rotatable bonds is 0. The molecule has 0 aliphatic heterocycles. The Labute approximate surface area is 83.3 Å². The highest BCUT2D eigenvalue weighted by Gasteiger charge is 2.29. The van der Waals surface area contributed by atoms with Gasteiger partial charge in [-0.1, -0.05) is 24.6 Å². The van der Waals surface area contributed by atoms with Crippen LogP contribution < -0.4 is 0 Å². The van der Waals surface area contributed by atoms with Gasteiger partial charge in [0, 0.05) is 5.02 Å². The average Bonchev–Trinajstić information content (AvgIpc) is 2.32. The van der Waals surface area contributed by atoms with Gasteiger partial charge in [-0.3, -0.25) is 0 Å². The molecule has 0 saturated heterocycles. The van der Waals surface area contributed by atoms with E-state index in [9.17, 15) is 5.11 Å². The van der Waals surface area contributed by atoms with Crippen LogP contribution in [0.5, 0.6) is 0 Å². The Morgan fingerprint density at radius 2 is 2.15 bits per heavy atom. The van der Waals surface area contributed by atoms with E-state index in [-0.39, 0.29) is 6.10 Å². The molecule has 2 atom stereocenters. The van der Waals surface area contributed by atoms with Gasteiger partial charge in [-0.25, -0.2) is 0 Å². The zero-order chi connectivity index (χ0) is 9.59. The Kier molecular flexibility index (Phi) is 2.09. The molecule has 0 unspecified atom stereocenters. The van der Waals surface area contributed by atoms with Gasteiger partial charge in [0.2, 0.25) is 0 Å². The largest absolute Gasteiger partial charge is 0.388 e. The van der Waals surface area contributed by atoms with E-state index in [1.165, 1.54) is 0 Å². The zero-order valence-corrected chi connectivity index (χ0v) is 8.60. The zero-order valence-electron chi connectivity index (χ0n) is 7.84. The van der Waals surface area contributed by atoms with E-state index in [0.29, 0.717) is 5.92 Å². The monoisotopic (exact) mass is 196 g/mol. The minimum Gasteiger partial charge on any atom is -0.388 e. The minimum absolute atomic E-state index is 0.300. The summed E-state index contributed by atoms with van der Waals surface area (Å²) >= 11 is 6.09. The lowest BCUT2D eigenvalue weighted by Gasteiger charge is -2.08. The van der Waals surface area contributed by atoms with Gasteiger partial charge in [-0.2, -0.15) is 0 Å². The maximum Gasteiger partial charge on any atom is 0.0822 e. The second-order valence-corrected chi connectivity index (χ2v) is 4.35. The third-order valence-corrected chi connectivity index (χ3v) is 3.10. The summed E-state index contributed by atoms with van der Waals surface area (Å²) in [6, 6.07) is 4.00. The number of hydrogen-bond acceptors (Lipinski definition) is 1. The molecule has 1 nitrogen and oxygen atoms in total. The van der Waals surface area contributed by atoms with Crippen molar-refractivity contribution >= 4 is 11.6 Å². The van der Waals surface area contributed by atoms with Crippen LogP contribution in [0.2, 0.25) is 5.02 Å². The molecule has 2 rings (SSSR count). The molecular formula is C11H13ClO. The third kappa shape index (κ3) is 1.36. The Hall–Kier alpha value is -0.530.